The lowest BCUT2D eigenvalue weighted by Crippen LogP contribution is -2.32. The maximum Gasteiger partial charge on any atom is 0.416 e. The van der Waals surface area contributed by atoms with E-state index in [-0.39, 0.29) is 29.1 Å². The molecule has 0 radical (unpaired) electrons. The topological polar surface area (TPSA) is 73.2 Å². The summed E-state index contributed by atoms with van der Waals surface area (Å²) in [4.78, 5) is 14.5. The molecule has 1 aromatic heterocycles. The highest BCUT2D eigenvalue weighted by Crippen LogP contribution is 2.32. The monoisotopic (exact) mass is 560 g/mol. The summed E-state index contributed by atoms with van der Waals surface area (Å²) in [5, 5.41) is 3.19. The van der Waals surface area contributed by atoms with Crippen LogP contribution in [0.1, 0.15) is 36.5 Å². The molecular weight excluding hydrogens is 533 g/mol. The number of thiocarbonyl (C=S) groups is 1. The van der Waals surface area contributed by atoms with Crippen molar-refractivity contribution in [3.63, 3.8) is 0 Å². The Morgan fingerprint density at radius 2 is 1.77 bits per heavy atom. The highest BCUT2D eigenvalue weighted by molar-refractivity contribution is 7.80. The molecule has 0 spiro atoms. The van der Waals surface area contributed by atoms with Gasteiger partial charge in [-0.25, -0.2) is 0 Å². The second kappa shape index (κ2) is 12.2. The van der Waals surface area contributed by atoms with E-state index in [1.165, 1.54) is 23.1 Å². The van der Waals surface area contributed by atoms with Gasteiger partial charge in [0.15, 0.2) is 16.6 Å². The fourth-order valence-corrected chi connectivity index (χ4v) is 4.16. The quantitative estimate of drug-likeness (QED) is 0.229. The van der Waals surface area contributed by atoms with Gasteiger partial charge >= 0.3 is 6.18 Å². The van der Waals surface area contributed by atoms with E-state index in [1.54, 1.807) is 12.1 Å². The van der Waals surface area contributed by atoms with E-state index in [1.807, 2.05) is 32.0 Å². The fourth-order valence-electron chi connectivity index (χ4n) is 3.88. The van der Waals surface area contributed by atoms with Crippen molar-refractivity contribution in [1.82, 2.24) is 10.2 Å². The molecule has 7 nitrogen and oxygen atoms in total. The number of hydrogen-bond acceptors (Lipinski definition) is 6. The van der Waals surface area contributed by atoms with Crippen LogP contribution in [0.15, 0.2) is 64.7 Å². The van der Waals surface area contributed by atoms with Crippen LogP contribution < -0.4 is 19.5 Å². The van der Waals surface area contributed by atoms with Gasteiger partial charge in [-0.05, 0) is 80.5 Å². The Hall–Kier alpha value is -3.99. The van der Waals surface area contributed by atoms with Crippen LogP contribution >= 0.6 is 12.2 Å². The molecule has 1 amide bonds. The zero-order valence-electron chi connectivity index (χ0n) is 21.3. The van der Waals surface area contributed by atoms with E-state index < -0.39 is 11.7 Å². The van der Waals surface area contributed by atoms with Crippen LogP contribution in [0.3, 0.4) is 0 Å². The number of alkyl halides is 3. The first kappa shape index (κ1) is 28.0. The predicted octanol–water partition coefficient (Wildman–Crippen LogP) is 5.98. The van der Waals surface area contributed by atoms with E-state index in [2.05, 4.69) is 5.32 Å². The zero-order valence-corrected chi connectivity index (χ0v) is 22.2. The molecule has 4 rings (SSSR count). The van der Waals surface area contributed by atoms with Gasteiger partial charge in [-0.1, -0.05) is 12.1 Å². The molecule has 1 aliphatic heterocycles. The van der Waals surface area contributed by atoms with Crippen molar-refractivity contribution in [1.29, 1.82) is 0 Å². The molecule has 11 heteroatoms. The smallest absolute Gasteiger partial charge is 0.416 e. The molecule has 1 N–H and O–H groups in total. The third-order valence-corrected chi connectivity index (χ3v) is 6.03. The molecule has 1 aliphatic rings. The second-order valence-electron chi connectivity index (χ2n) is 8.46. The molecule has 0 atom stereocenters. The van der Waals surface area contributed by atoms with E-state index >= 15 is 0 Å². The van der Waals surface area contributed by atoms with Crippen molar-refractivity contribution in [2.75, 3.05) is 19.8 Å². The van der Waals surface area contributed by atoms with E-state index in [0.29, 0.717) is 49.2 Å². The first-order valence-electron chi connectivity index (χ1n) is 12.3. The number of carbonyl (C=O) groups excluding carboxylic acids is 1. The number of nitrogens with zero attached hydrogens (tertiary/aromatic N) is 1. The average Bonchev–Trinajstić information content (AvgIpc) is 3.46. The van der Waals surface area contributed by atoms with Crippen molar-refractivity contribution in [2.24, 2.45) is 0 Å². The highest BCUT2D eigenvalue weighted by atomic mass is 32.1. The van der Waals surface area contributed by atoms with Crippen LogP contribution in [0.25, 0.3) is 6.08 Å². The Bertz CT molecular complexity index is 1370. The van der Waals surface area contributed by atoms with Gasteiger partial charge in [-0.2, -0.15) is 13.2 Å². The first-order valence-corrected chi connectivity index (χ1v) is 12.7. The standard InChI is InChI=1S/C28H27F3N2O5S/c1-3-35-24-11-8-18(14-25(24)36-4-2)12-13-33-26(34)23(32-27(33)39)16-21-9-10-22(38-21)17-37-20-7-5-6-19(15-20)28(29,30)31/h5-11,14-16H,3-4,12-13,17H2,1-2H3,(H,32,39)/b23-16+. The van der Waals surface area contributed by atoms with Crippen molar-refractivity contribution >= 4 is 29.3 Å². The predicted molar refractivity (Wildman–Crippen MR) is 142 cm³/mol. The summed E-state index contributed by atoms with van der Waals surface area (Å²) in [5.41, 5.74) is 0.418. The Morgan fingerprint density at radius 1 is 1.00 bits per heavy atom. The maximum absolute atomic E-state index is 13.0. The number of rotatable bonds is 11. The van der Waals surface area contributed by atoms with Crippen LogP contribution in [0.4, 0.5) is 13.2 Å². The van der Waals surface area contributed by atoms with Crippen molar-refractivity contribution in [2.45, 2.75) is 33.1 Å². The Balaban J connectivity index is 1.36. The normalized spacial score (nSPS) is 14.6. The number of benzene rings is 2. The second-order valence-corrected chi connectivity index (χ2v) is 8.85. The summed E-state index contributed by atoms with van der Waals surface area (Å²) in [6.07, 6.45) is -2.39. The summed E-state index contributed by atoms with van der Waals surface area (Å²) >= 11 is 5.36. The Kier molecular flexibility index (Phi) is 8.80. The SMILES string of the molecule is CCOc1ccc(CCN2C(=O)/C(=C\c3ccc(COc4cccc(C(F)(F)F)c4)o3)NC2=S)cc1OCC. The highest BCUT2D eigenvalue weighted by Gasteiger charge is 2.31. The summed E-state index contributed by atoms with van der Waals surface area (Å²) in [5.74, 6) is 1.83. The lowest BCUT2D eigenvalue weighted by Gasteiger charge is -2.15. The third-order valence-electron chi connectivity index (χ3n) is 5.71. The Morgan fingerprint density at radius 3 is 2.51 bits per heavy atom. The molecular formula is C28H27F3N2O5S. The molecule has 0 aliphatic carbocycles. The molecule has 39 heavy (non-hydrogen) atoms. The number of ether oxygens (including phenoxy) is 3. The minimum Gasteiger partial charge on any atom is -0.490 e. The summed E-state index contributed by atoms with van der Waals surface area (Å²) in [6.45, 7) is 5.10. The van der Waals surface area contributed by atoms with Crippen LogP contribution in [0, 0.1) is 0 Å². The number of furan rings is 1. The number of nitrogens with one attached hydrogen (secondary N) is 1. The number of hydrogen-bond donors (Lipinski definition) is 1. The fraction of sp³-hybridized carbons (Fsp3) is 0.286. The molecule has 2 aromatic carbocycles. The summed E-state index contributed by atoms with van der Waals surface area (Å²) in [7, 11) is 0. The Labute approximate surface area is 229 Å². The van der Waals surface area contributed by atoms with Crippen LogP contribution in [0.5, 0.6) is 17.2 Å². The van der Waals surface area contributed by atoms with Crippen molar-refractivity contribution in [3.8, 4) is 17.2 Å². The maximum atomic E-state index is 13.0. The molecule has 1 saturated heterocycles. The molecule has 1 fully saturated rings. The third kappa shape index (κ3) is 7.11. The van der Waals surface area contributed by atoms with E-state index in [9.17, 15) is 18.0 Å². The molecule has 0 bridgehead atoms. The lowest BCUT2D eigenvalue weighted by molar-refractivity contribution is -0.137. The van der Waals surface area contributed by atoms with Crippen LogP contribution in [-0.2, 0) is 24.0 Å². The van der Waals surface area contributed by atoms with Gasteiger partial charge in [-0.3, -0.25) is 9.69 Å². The molecule has 2 heterocycles. The van der Waals surface area contributed by atoms with Gasteiger partial charge < -0.3 is 23.9 Å². The average molecular weight is 561 g/mol. The zero-order chi connectivity index (χ0) is 28.0. The van der Waals surface area contributed by atoms with Crippen LogP contribution in [-0.4, -0.2) is 35.7 Å². The van der Waals surface area contributed by atoms with Gasteiger partial charge in [0.1, 0.15) is 29.6 Å². The minimum absolute atomic E-state index is 0.0654. The molecule has 206 valence electrons. The number of carbonyl (C=O) groups is 1. The van der Waals surface area contributed by atoms with E-state index in [0.717, 1.165) is 17.7 Å². The minimum atomic E-state index is -4.46. The van der Waals surface area contributed by atoms with Gasteiger partial charge in [-0.15, -0.1) is 0 Å². The first-order chi connectivity index (χ1) is 18.7. The lowest BCUT2D eigenvalue weighted by atomic mass is 10.1. The number of amides is 1. The van der Waals surface area contributed by atoms with Gasteiger partial charge in [0.25, 0.3) is 5.91 Å². The van der Waals surface area contributed by atoms with Gasteiger partial charge in [0.2, 0.25) is 0 Å². The van der Waals surface area contributed by atoms with Crippen LogP contribution in [0.2, 0.25) is 0 Å². The largest absolute Gasteiger partial charge is 0.490 e. The van der Waals surface area contributed by atoms with E-state index in [4.69, 9.17) is 30.8 Å². The van der Waals surface area contributed by atoms with Crippen molar-refractivity contribution < 1.29 is 36.6 Å². The molecule has 0 unspecified atom stereocenters. The van der Waals surface area contributed by atoms with Gasteiger partial charge in [0, 0.05) is 12.6 Å². The summed E-state index contributed by atoms with van der Waals surface area (Å²) in [6, 6.07) is 13.5. The summed E-state index contributed by atoms with van der Waals surface area (Å²) < 4.78 is 61.1. The molecule has 3 aromatic rings. The van der Waals surface area contributed by atoms with Crippen molar-refractivity contribution in [3.05, 3.63) is 82.9 Å². The molecule has 0 saturated carbocycles. The number of halogens is 3. The van der Waals surface area contributed by atoms with Gasteiger partial charge in [0.05, 0.1) is 18.8 Å².